The number of furan rings is 1. The molecule has 1 aromatic heterocycles. The second kappa shape index (κ2) is 10.5. The number of fused-ring (bicyclic) bond motifs is 8. The first-order chi connectivity index (χ1) is 24.8. The van der Waals surface area contributed by atoms with Gasteiger partial charge in [0.25, 0.3) is 0 Å². The second-order valence-electron chi connectivity index (χ2n) is 13.2. The van der Waals surface area contributed by atoms with Crippen molar-refractivity contribution in [2.45, 2.75) is 0 Å². The van der Waals surface area contributed by atoms with Crippen molar-refractivity contribution >= 4 is 78.9 Å². The van der Waals surface area contributed by atoms with Crippen molar-refractivity contribution in [1.29, 1.82) is 0 Å². The third-order valence-electron chi connectivity index (χ3n) is 10.6. The maximum atomic E-state index is 6.87. The minimum Gasteiger partial charge on any atom is -0.454 e. The predicted octanol–water partition coefficient (Wildman–Crippen LogP) is 11.1. The van der Waals surface area contributed by atoms with Gasteiger partial charge in [-0.25, -0.2) is 0 Å². The molecule has 0 atom stereocenters. The monoisotopic (exact) mass is 636 g/mol. The van der Waals surface area contributed by atoms with Crippen LogP contribution < -0.4 is 20.6 Å². The largest absolute Gasteiger partial charge is 0.454 e. The summed E-state index contributed by atoms with van der Waals surface area (Å²) in [5, 5.41) is 4.71. The third kappa shape index (κ3) is 3.76. The van der Waals surface area contributed by atoms with Crippen molar-refractivity contribution in [2.75, 3.05) is 9.71 Å². The lowest BCUT2D eigenvalue weighted by Crippen LogP contribution is -2.61. The van der Waals surface area contributed by atoms with Crippen molar-refractivity contribution < 1.29 is 4.42 Å². The molecule has 0 radical (unpaired) electrons. The number of rotatable bonds is 3. The van der Waals surface area contributed by atoms with Gasteiger partial charge in [-0.3, -0.25) is 0 Å². The zero-order valence-electron chi connectivity index (χ0n) is 27.1. The van der Waals surface area contributed by atoms with Crippen LogP contribution in [0.15, 0.2) is 180 Å². The molecule has 3 heterocycles. The van der Waals surface area contributed by atoms with Gasteiger partial charge >= 0.3 is 6.85 Å². The fourth-order valence-corrected chi connectivity index (χ4v) is 8.57. The Bertz CT molecular complexity index is 2800. The van der Waals surface area contributed by atoms with Crippen LogP contribution >= 0.6 is 0 Å². The fourth-order valence-electron chi connectivity index (χ4n) is 8.57. The Labute approximate surface area is 290 Å². The summed E-state index contributed by atoms with van der Waals surface area (Å²) in [5.74, 6) is 0. The van der Waals surface area contributed by atoms with Gasteiger partial charge in [-0.2, -0.15) is 0 Å². The Morgan fingerprint density at radius 1 is 0.420 bits per heavy atom. The molecule has 0 unspecified atom stereocenters. The quantitative estimate of drug-likeness (QED) is 0.180. The standard InChI is InChI=1S/C46H29BN2O/c1-2-14-31(15-3-1)33-28-29-37-35-20-7-11-27-43(35)50-46(37)45(33)48-41-24-10-8-22-38(41)47-44-36(21-13-26-42(44)48)34-19-6-9-23-40(34)49(47)39-25-12-17-30-16-4-5-18-32(30)39/h1-29H. The van der Waals surface area contributed by atoms with Crippen LogP contribution in [0.1, 0.15) is 0 Å². The molecule has 50 heavy (non-hydrogen) atoms. The minimum absolute atomic E-state index is 0.0515. The molecule has 2 aliphatic heterocycles. The van der Waals surface area contributed by atoms with Gasteiger partial charge in [0, 0.05) is 50.0 Å². The number of hydrogen-bond acceptors (Lipinski definition) is 3. The zero-order valence-corrected chi connectivity index (χ0v) is 27.1. The molecule has 0 amide bonds. The molecule has 0 bridgehead atoms. The molecule has 0 fully saturated rings. The molecule has 9 aromatic rings. The van der Waals surface area contributed by atoms with Gasteiger partial charge in [0.1, 0.15) is 5.58 Å². The summed E-state index contributed by atoms with van der Waals surface area (Å²) < 4.78 is 6.87. The Hall–Kier alpha value is -6.52. The summed E-state index contributed by atoms with van der Waals surface area (Å²) in [6.45, 7) is -0.0515. The molecular formula is C46H29BN2O. The van der Waals surface area contributed by atoms with E-state index in [9.17, 15) is 0 Å². The van der Waals surface area contributed by atoms with E-state index in [4.69, 9.17) is 4.42 Å². The van der Waals surface area contributed by atoms with Gasteiger partial charge < -0.3 is 14.1 Å². The SMILES string of the molecule is c1ccc(-c2ccc3c(oc4ccccc43)c2N2c3ccccc3B3c4c(cccc42)-c2ccccc2N3c2cccc3ccccc23)cc1. The highest BCUT2D eigenvalue weighted by molar-refractivity contribution is 6.93. The van der Waals surface area contributed by atoms with E-state index in [2.05, 4.69) is 186 Å². The smallest absolute Gasteiger partial charge is 0.333 e. The summed E-state index contributed by atoms with van der Waals surface area (Å²) in [5.41, 5.74) is 14.9. The van der Waals surface area contributed by atoms with Crippen molar-refractivity contribution in [1.82, 2.24) is 0 Å². The lowest BCUT2D eigenvalue weighted by Gasteiger charge is -2.46. The zero-order chi connectivity index (χ0) is 32.8. The van der Waals surface area contributed by atoms with Crippen LogP contribution in [0, 0.1) is 0 Å². The molecule has 8 aromatic carbocycles. The third-order valence-corrected chi connectivity index (χ3v) is 10.6. The maximum Gasteiger partial charge on any atom is 0.333 e. The van der Waals surface area contributed by atoms with Crippen LogP contribution in [0.5, 0.6) is 0 Å². The summed E-state index contributed by atoms with van der Waals surface area (Å²) in [6, 6.07) is 63.7. The average molecular weight is 637 g/mol. The Morgan fingerprint density at radius 2 is 1.08 bits per heavy atom. The van der Waals surface area contributed by atoms with Crippen molar-refractivity contribution in [3.05, 3.63) is 176 Å². The Kier molecular flexibility index (Phi) is 5.76. The molecule has 11 rings (SSSR count). The maximum absolute atomic E-state index is 6.87. The molecule has 0 N–H and O–H groups in total. The molecule has 2 aliphatic rings. The average Bonchev–Trinajstić information content (AvgIpc) is 3.57. The van der Waals surface area contributed by atoms with E-state index >= 15 is 0 Å². The summed E-state index contributed by atoms with van der Waals surface area (Å²) in [4.78, 5) is 5.06. The number of hydrogen-bond donors (Lipinski definition) is 0. The van der Waals surface area contributed by atoms with Crippen LogP contribution in [0.2, 0.25) is 0 Å². The van der Waals surface area contributed by atoms with Gasteiger partial charge in [-0.1, -0.05) is 140 Å². The number of nitrogens with zero attached hydrogens (tertiary/aromatic N) is 2. The van der Waals surface area contributed by atoms with Gasteiger partial charge in [0.2, 0.25) is 0 Å². The molecule has 0 aliphatic carbocycles. The molecule has 3 nitrogen and oxygen atoms in total. The number of para-hydroxylation sites is 3. The van der Waals surface area contributed by atoms with Gasteiger partial charge in [0.15, 0.2) is 5.58 Å². The van der Waals surface area contributed by atoms with E-state index in [1.165, 1.54) is 44.2 Å². The van der Waals surface area contributed by atoms with E-state index in [0.29, 0.717) is 0 Å². The van der Waals surface area contributed by atoms with Crippen LogP contribution in [0.25, 0.3) is 55.0 Å². The van der Waals surface area contributed by atoms with E-state index in [1.807, 2.05) is 0 Å². The number of anilines is 5. The molecule has 4 heteroatoms. The van der Waals surface area contributed by atoms with E-state index in [0.717, 1.165) is 50.1 Å². The first-order valence-corrected chi connectivity index (χ1v) is 17.2. The lowest BCUT2D eigenvalue weighted by atomic mass is 9.43. The van der Waals surface area contributed by atoms with Crippen LogP contribution in [0.3, 0.4) is 0 Å². The topological polar surface area (TPSA) is 19.6 Å². The highest BCUT2D eigenvalue weighted by Crippen LogP contribution is 2.51. The van der Waals surface area contributed by atoms with Crippen LogP contribution in [0.4, 0.5) is 28.4 Å². The second-order valence-corrected chi connectivity index (χ2v) is 13.2. The summed E-state index contributed by atoms with van der Waals surface area (Å²) in [7, 11) is 0. The van der Waals surface area contributed by atoms with Crippen molar-refractivity contribution in [3.8, 4) is 22.3 Å². The van der Waals surface area contributed by atoms with Crippen molar-refractivity contribution in [2.24, 2.45) is 0 Å². The first kappa shape index (κ1) is 27.4. The molecule has 0 spiro atoms. The number of benzene rings is 8. The molecule has 0 saturated carbocycles. The van der Waals surface area contributed by atoms with E-state index in [1.54, 1.807) is 0 Å². The highest BCUT2D eigenvalue weighted by Gasteiger charge is 2.45. The molecular weight excluding hydrogens is 607 g/mol. The summed E-state index contributed by atoms with van der Waals surface area (Å²) >= 11 is 0. The Balaban J connectivity index is 1.27. The van der Waals surface area contributed by atoms with Crippen LogP contribution in [-0.2, 0) is 0 Å². The highest BCUT2D eigenvalue weighted by atomic mass is 16.3. The van der Waals surface area contributed by atoms with Gasteiger partial charge in [0.05, 0.1) is 5.69 Å². The lowest BCUT2D eigenvalue weighted by molar-refractivity contribution is 0.669. The van der Waals surface area contributed by atoms with Crippen molar-refractivity contribution in [3.63, 3.8) is 0 Å². The first-order valence-electron chi connectivity index (χ1n) is 17.2. The minimum atomic E-state index is -0.0515. The van der Waals surface area contributed by atoms with E-state index < -0.39 is 0 Å². The molecule has 232 valence electrons. The van der Waals surface area contributed by atoms with Crippen LogP contribution in [-0.4, -0.2) is 6.85 Å². The fraction of sp³-hybridized carbons (Fsp3) is 0. The van der Waals surface area contributed by atoms with E-state index in [-0.39, 0.29) is 6.85 Å². The summed E-state index contributed by atoms with van der Waals surface area (Å²) in [6.07, 6.45) is 0. The molecule has 0 saturated heterocycles. The van der Waals surface area contributed by atoms with Gasteiger partial charge in [-0.05, 0) is 63.8 Å². The Morgan fingerprint density at radius 3 is 2.00 bits per heavy atom. The predicted molar refractivity (Wildman–Crippen MR) is 210 cm³/mol. The van der Waals surface area contributed by atoms with Gasteiger partial charge in [-0.15, -0.1) is 0 Å². The normalized spacial score (nSPS) is 13.1.